The molecule has 0 amide bonds. The van der Waals surface area contributed by atoms with E-state index in [4.69, 9.17) is 5.26 Å². The molecule has 0 aliphatic carbocycles. The summed E-state index contributed by atoms with van der Waals surface area (Å²) in [6.07, 6.45) is 1.02. The van der Waals surface area contributed by atoms with Gasteiger partial charge in [0.25, 0.3) is 0 Å². The van der Waals surface area contributed by atoms with Crippen LogP contribution in [0.1, 0.15) is 12.0 Å². The number of nitrogens with zero attached hydrogens (tertiary/aromatic N) is 2. The predicted octanol–water partition coefficient (Wildman–Crippen LogP) is 0.719. The van der Waals surface area contributed by atoms with Crippen molar-refractivity contribution < 1.29 is 5.11 Å². The minimum Gasteiger partial charge on any atom is -0.394 e. The Morgan fingerprint density at radius 3 is 3.06 bits per heavy atom. The molecule has 0 radical (unpaired) electrons. The van der Waals surface area contributed by atoms with Crippen molar-refractivity contribution in [2.75, 3.05) is 31.1 Å². The molecule has 0 bridgehead atoms. The molecular weight excluding hydrogens is 214 g/mol. The van der Waals surface area contributed by atoms with Gasteiger partial charge in [-0.25, -0.2) is 0 Å². The highest BCUT2D eigenvalue weighted by atomic mass is 16.3. The van der Waals surface area contributed by atoms with Gasteiger partial charge in [-0.1, -0.05) is 12.1 Å². The van der Waals surface area contributed by atoms with Gasteiger partial charge in [0.15, 0.2) is 0 Å². The molecule has 1 aliphatic rings. The van der Waals surface area contributed by atoms with Gasteiger partial charge in [-0.15, -0.1) is 0 Å². The molecule has 2 N–H and O–H groups in total. The number of para-hydroxylation sites is 1. The fraction of sp³-hybridized carbons (Fsp3) is 0.462. The van der Waals surface area contributed by atoms with E-state index in [-0.39, 0.29) is 12.6 Å². The summed E-state index contributed by atoms with van der Waals surface area (Å²) < 4.78 is 0. The molecule has 4 nitrogen and oxygen atoms in total. The number of anilines is 1. The Bertz CT molecular complexity index is 413. The summed E-state index contributed by atoms with van der Waals surface area (Å²) in [4.78, 5) is 2.14. The Kier molecular flexibility index (Phi) is 3.97. The lowest BCUT2D eigenvalue weighted by atomic mass is 10.1. The number of aliphatic hydroxyl groups is 1. The van der Waals surface area contributed by atoms with Crippen LogP contribution in [0.3, 0.4) is 0 Å². The average Bonchev–Trinajstić information content (AvgIpc) is 2.63. The molecule has 17 heavy (non-hydrogen) atoms. The monoisotopic (exact) mass is 231 g/mol. The average molecular weight is 231 g/mol. The van der Waals surface area contributed by atoms with Gasteiger partial charge < -0.3 is 15.3 Å². The highest BCUT2D eigenvalue weighted by Gasteiger charge is 2.22. The summed E-state index contributed by atoms with van der Waals surface area (Å²) in [6, 6.07) is 9.84. The second-order valence-corrected chi connectivity index (χ2v) is 4.22. The Hall–Kier alpha value is -1.57. The fourth-order valence-electron chi connectivity index (χ4n) is 2.23. The molecule has 1 fully saturated rings. The van der Waals surface area contributed by atoms with Crippen LogP contribution in [0.4, 0.5) is 5.69 Å². The number of hydrogen-bond donors (Lipinski definition) is 2. The quantitative estimate of drug-likeness (QED) is 0.787. The second kappa shape index (κ2) is 5.67. The van der Waals surface area contributed by atoms with Gasteiger partial charge in [-0.05, 0) is 25.1 Å². The van der Waals surface area contributed by atoms with Gasteiger partial charge in [0.05, 0.1) is 23.9 Å². The van der Waals surface area contributed by atoms with E-state index in [0.29, 0.717) is 5.56 Å². The van der Waals surface area contributed by atoms with Crippen molar-refractivity contribution in [1.82, 2.24) is 5.32 Å². The Morgan fingerprint density at radius 1 is 1.47 bits per heavy atom. The van der Waals surface area contributed by atoms with Crippen LogP contribution >= 0.6 is 0 Å². The number of aliphatic hydroxyl groups excluding tert-OH is 1. The molecule has 1 aliphatic heterocycles. The van der Waals surface area contributed by atoms with Crippen LogP contribution in [0.15, 0.2) is 24.3 Å². The van der Waals surface area contributed by atoms with Gasteiger partial charge in [0, 0.05) is 13.1 Å². The third kappa shape index (κ3) is 2.57. The lowest BCUT2D eigenvalue weighted by molar-refractivity contribution is 0.260. The van der Waals surface area contributed by atoms with Gasteiger partial charge in [-0.3, -0.25) is 0 Å². The van der Waals surface area contributed by atoms with Gasteiger partial charge in [0.1, 0.15) is 6.07 Å². The Morgan fingerprint density at radius 2 is 2.29 bits per heavy atom. The molecule has 90 valence electrons. The van der Waals surface area contributed by atoms with Crippen molar-refractivity contribution in [2.45, 2.75) is 12.5 Å². The number of rotatable bonds is 2. The summed E-state index contributed by atoms with van der Waals surface area (Å²) >= 11 is 0. The van der Waals surface area contributed by atoms with E-state index in [2.05, 4.69) is 16.3 Å². The topological polar surface area (TPSA) is 59.3 Å². The highest BCUT2D eigenvalue weighted by molar-refractivity contribution is 5.60. The fourth-order valence-corrected chi connectivity index (χ4v) is 2.23. The Balaban J connectivity index is 2.32. The molecule has 0 saturated carbocycles. The SMILES string of the molecule is N#Cc1ccccc1N1CCCNCC1CO. The molecule has 2 rings (SSSR count). The number of nitriles is 1. The van der Waals surface area contributed by atoms with Gasteiger partial charge >= 0.3 is 0 Å². The largest absolute Gasteiger partial charge is 0.394 e. The van der Waals surface area contributed by atoms with Crippen LogP contribution in [0.2, 0.25) is 0 Å². The second-order valence-electron chi connectivity index (χ2n) is 4.22. The van der Waals surface area contributed by atoms with Crippen molar-refractivity contribution in [3.05, 3.63) is 29.8 Å². The zero-order valence-corrected chi connectivity index (χ0v) is 9.76. The van der Waals surface area contributed by atoms with Crippen LogP contribution < -0.4 is 10.2 Å². The van der Waals surface area contributed by atoms with E-state index in [1.807, 2.05) is 24.3 Å². The van der Waals surface area contributed by atoms with Crippen molar-refractivity contribution in [3.63, 3.8) is 0 Å². The van der Waals surface area contributed by atoms with Crippen LogP contribution in [0.5, 0.6) is 0 Å². The van der Waals surface area contributed by atoms with Gasteiger partial charge in [0.2, 0.25) is 0 Å². The lowest BCUT2D eigenvalue weighted by Gasteiger charge is -2.31. The first-order valence-electron chi connectivity index (χ1n) is 5.94. The van der Waals surface area contributed by atoms with Gasteiger partial charge in [-0.2, -0.15) is 5.26 Å². The molecule has 4 heteroatoms. The van der Waals surface area contributed by atoms with E-state index in [1.165, 1.54) is 0 Å². The standard InChI is InChI=1S/C13H17N3O/c14-8-11-4-1-2-5-13(11)16-7-3-6-15-9-12(16)10-17/h1-2,4-5,12,15,17H,3,6-7,9-10H2. The van der Waals surface area contributed by atoms with Crippen LogP contribution in [0.25, 0.3) is 0 Å². The maximum absolute atomic E-state index is 9.45. The van der Waals surface area contributed by atoms with Crippen LogP contribution in [-0.2, 0) is 0 Å². The summed E-state index contributed by atoms with van der Waals surface area (Å²) in [5.41, 5.74) is 1.60. The van der Waals surface area contributed by atoms with Crippen LogP contribution in [0, 0.1) is 11.3 Å². The van der Waals surface area contributed by atoms with Crippen molar-refractivity contribution in [3.8, 4) is 6.07 Å². The van der Waals surface area contributed by atoms with E-state index >= 15 is 0 Å². The minimum atomic E-state index is 0.0481. The maximum Gasteiger partial charge on any atom is 0.101 e. The van der Waals surface area contributed by atoms with E-state index < -0.39 is 0 Å². The number of nitrogens with one attached hydrogen (secondary N) is 1. The summed E-state index contributed by atoms with van der Waals surface area (Å²) in [7, 11) is 0. The molecule has 1 heterocycles. The molecule has 0 aromatic heterocycles. The molecule has 1 atom stereocenters. The molecular formula is C13H17N3O. The number of benzene rings is 1. The minimum absolute atomic E-state index is 0.0481. The van der Waals surface area contributed by atoms with E-state index in [1.54, 1.807) is 0 Å². The van der Waals surface area contributed by atoms with Crippen molar-refractivity contribution >= 4 is 5.69 Å². The normalized spacial score (nSPS) is 20.7. The zero-order valence-electron chi connectivity index (χ0n) is 9.76. The van der Waals surface area contributed by atoms with Crippen molar-refractivity contribution in [1.29, 1.82) is 5.26 Å². The molecule has 1 aromatic rings. The smallest absolute Gasteiger partial charge is 0.101 e. The van der Waals surface area contributed by atoms with E-state index in [9.17, 15) is 5.11 Å². The summed E-state index contributed by atoms with van der Waals surface area (Å²) in [6.45, 7) is 2.70. The molecule has 1 saturated heterocycles. The third-order valence-corrected chi connectivity index (χ3v) is 3.12. The molecule has 1 unspecified atom stereocenters. The Labute approximate surface area is 101 Å². The predicted molar refractivity (Wildman–Crippen MR) is 66.9 cm³/mol. The highest BCUT2D eigenvalue weighted by Crippen LogP contribution is 2.22. The zero-order chi connectivity index (χ0) is 12.1. The van der Waals surface area contributed by atoms with Crippen molar-refractivity contribution in [2.24, 2.45) is 0 Å². The first-order valence-corrected chi connectivity index (χ1v) is 5.94. The lowest BCUT2D eigenvalue weighted by Crippen LogP contribution is -2.42. The summed E-state index contributed by atoms with van der Waals surface area (Å²) in [5.74, 6) is 0. The molecule has 0 spiro atoms. The summed E-state index contributed by atoms with van der Waals surface area (Å²) in [5, 5.41) is 21.9. The maximum atomic E-state index is 9.45. The first-order chi connectivity index (χ1) is 8.36. The first kappa shape index (κ1) is 11.9. The third-order valence-electron chi connectivity index (χ3n) is 3.12. The van der Waals surface area contributed by atoms with Crippen LogP contribution in [-0.4, -0.2) is 37.4 Å². The molecule has 1 aromatic carbocycles. The van der Waals surface area contributed by atoms with E-state index in [0.717, 1.165) is 31.7 Å². The number of hydrogen-bond acceptors (Lipinski definition) is 4.